The van der Waals surface area contributed by atoms with Gasteiger partial charge in [0.1, 0.15) is 24.0 Å². The molecule has 0 aliphatic carbocycles. The second kappa shape index (κ2) is 10.4. The van der Waals surface area contributed by atoms with Crippen molar-refractivity contribution >= 4 is 40.9 Å². The van der Waals surface area contributed by atoms with Crippen molar-refractivity contribution in [3.05, 3.63) is 98.0 Å². The molecule has 0 fully saturated rings. The first-order chi connectivity index (χ1) is 15.3. The molecule has 1 amide bonds. The molecule has 0 saturated carbocycles. The van der Waals surface area contributed by atoms with Crippen LogP contribution in [0.15, 0.2) is 60.2 Å². The first kappa shape index (κ1) is 23.4. The zero-order valence-electron chi connectivity index (χ0n) is 18.0. The molecule has 0 spiro atoms. The van der Waals surface area contributed by atoms with E-state index in [1.54, 1.807) is 30.3 Å². The summed E-state index contributed by atoms with van der Waals surface area (Å²) in [6.07, 6.45) is 1.57. The maximum Gasteiger partial charge on any atom is 0.266 e. The molecule has 3 rings (SSSR count). The quantitative estimate of drug-likeness (QED) is 0.314. The SMILES string of the molecule is Cc1ccc(NC(=O)/C(C#N)=C/c2cc(C)c(OCc3ccc(Cl)cc3Cl)c(C)c2)cc1. The highest BCUT2D eigenvalue weighted by Gasteiger charge is 2.12. The van der Waals surface area contributed by atoms with Gasteiger partial charge < -0.3 is 10.1 Å². The first-order valence-corrected chi connectivity index (χ1v) is 10.7. The van der Waals surface area contributed by atoms with Crippen molar-refractivity contribution in [2.24, 2.45) is 0 Å². The average Bonchev–Trinajstić information content (AvgIpc) is 2.74. The van der Waals surface area contributed by atoms with Gasteiger partial charge in [-0.2, -0.15) is 5.26 Å². The van der Waals surface area contributed by atoms with Gasteiger partial charge in [-0.3, -0.25) is 4.79 Å². The van der Waals surface area contributed by atoms with Gasteiger partial charge in [0.15, 0.2) is 0 Å². The number of halogens is 2. The highest BCUT2D eigenvalue weighted by atomic mass is 35.5. The third kappa shape index (κ3) is 5.91. The Morgan fingerprint density at radius 2 is 1.69 bits per heavy atom. The van der Waals surface area contributed by atoms with E-state index < -0.39 is 5.91 Å². The number of aryl methyl sites for hydroxylation is 3. The second-order valence-electron chi connectivity index (χ2n) is 7.50. The molecule has 0 saturated heterocycles. The van der Waals surface area contributed by atoms with Crippen molar-refractivity contribution in [2.45, 2.75) is 27.4 Å². The van der Waals surface area contributed by atoms with Crippen LogP contribution in [-0.4, -0.2) is 5.91 Å². The fourth-order valence-corrected chi connectivity index (χ4v) is 3.70. The Morgan fingerprint density at radius 3 is 2.28 bits per heavy atom. The van der Waals surface area contributed by atoms with Crippen LogP contribution < -0.4 is 10.1 Å². The minimum absolute atomic E-state index is 0.0194. The maximum absolute atomic E-state index is 12.5. The smallest absolute Gasteiger partial charge is 0.266 e. The highest BCUT2D eigenvalue weighted by molar-refractivity contribution is 6.35. The molecule has 3 aromatic rings. The van der Waals surface area contributed by atoms with Crippen molar-refractivity contribution in [1.29, 1.82) is 5.26 Å². The summed E-state index contributed by atoms with van der Waals surface area (Å²) in [5.41, 5.74) is 5.09. The number of nitrogens with zero attached hydrogens (tertiary/aromatic N) is 1. The van der Waals surface area contributed by atoms with Gasteiger partial charge in [0.2, 0.25) is 0 Å². The van der Waals surface area contributed by atoms with Gasteiger partial charge in [0, 0.05) is 21.3 Å². The van der Waals surface area contributed by atoms with Crippen LogP contribution in [0.2, 0.25) is 10.0 Å². The summed E-state index contributed by atoms with van der Waals surface area (Å²) in [7, 11) is 0. The molecule has 1 N–H and O–H groups in total. The molecule has 0 atom stereocenters. The van der Waals surface area contributed by atoms with Gasteiger partial charge in [-0.25, -0.2) is 0 Å². The van der Waals surface area contributed by atoms with Crippen molar-refractivity contribution in [3.8, 4) is 11.8 Å². The molecule has 0 aromatic heterocycles. The molecule has 0 bridgehead atoms. The van der Waals surface area contributed by atoms with Crippen molar-refractivity contribution in [1.82, 2.24) is 0 Å². The largest absolute Gasteiger partial charge is 0.488 e. The summed E-state index contributed by atoms with van der Waals surface area (Å²) in [6, 6.07) is 18.4. The lowest BCUT2D eigenvalue weighted by molar-refractivity contribution is -0.112. The number of rotatable bonds is 6. The van der Waals surface area contributed by atoms with E-state index in [4.69, 9.17) is 27.9 Å². The topological polar surface area (TPSA) is 62.1 Å². The predicted molar refractivity (Wildman–Crippen MR) is 130 cm³/mol. The van der Waals surface area contributed by atoms with Crippen LogP contribution in [0, 0.1) is 32.1 Å². The standard InChI is InChI=1S/C26H22Cl2N2O2/c1-16-4-8-23(9-5-16)30-26(31)21(14-29)12-19-10-17(2)25(18(3)11-19)32-15-20-6-7-22(27)13-24(20)28/h4-13H,15H2,1-3H3,(H,30,31)/b21-12+. The summed E-state index contributed by atoms with van der Waals surface area (Å²) in [5.74, 6) is 0.278. The van der Waals surface area contributed by atoms with Crippen molar-refractivity contribution < 1.29 is 9.53 Å². The lowest BCUT2D eigenvalue weighted by Gasteiger charge is -2.14. The number of amides is 1. The van der Waals surface area contributed by atoms with Gasteiger partial charge in [-0.1, -0.05) is 47.0 Å². The molecule has 0 radical (unpaired) electrons. The van der Waals surface area contributed by atoms with Crippen LogP contribution in [0.5, 0.6) is 5.75 Å². The molecule has 162 valence electrons. The van der Waals surface area contributed by atoms with E-state index in [-0.39, 0.29) is 5.57 Å². The summed E-state index contributed by atoms with van der Waals surface area (Å²) < 4.78 is 6.00. The minimum Gasteiger partial charge on any atom is -0.488 e. The summed E-state index contributed by atoms with van der Waals surface area (Å²) in [6.45, 7) is 6.10. The Labute approximate surface area is 198 Å². The van der Waals surface area contributed by atoms with E-state index in [0.29, 0.717) is 22.3 Å². The Balaban J connectivity index is 1.77. The van der Waals surface area contributed by atoms with Crippen molar-refractivity contribution in [2.75, 3.05) is 5.32 Å². The lowest BCUT2D eigenvalue weighted by atomic mass is 10.0. The predicted octanol–water partition coefficient (Wildman–Crippen LogP) is 7.04. The number of anilines is 1. The third-order valence-electron chi connectivity index (χ3n) is 4.86. The average molecular weight is 465 g/mol. The fourth-order valence-electron chi connectivity index (χ4n) is 3.23. The Bertz CT molecular complexity index is 1200. The van der Waals surface area contributed by atoms with Gasteiger partial charge >= 0.3 is 0 Å². The van der Waals surface area contributed by atoms with Gasteiger partial charge in [0.05, 0.1) is 0 Å². The number of hydrogen-bond donors (Lipinski definition) is 1. The third-order valence-corrected chi connectivity index (χ3v) is 5.44. The van der Waals surface area contributed by atoms with Crippen LogP contribution in [0.4, 0.5) is 5.69 Å². The van der Waals surface area contributed by atoms with E-state index in [9.17, 15) is 10.1 Å². The molecule has 6 heteroatoms. The normalized spacial score (nSPS) is 11.1. The Kier molecular flexibility index (Phi) is 7.58. The molecule has 0 aliphatic heterocycles. The zero-order chi connectivity index (χ0) is 23.3. The highest BCUT2D eigenvalue weighted by Crippen LogP contribution is 2.28. The summed E-state index contributed by atoms with van der Waals surface area (Å²) >= 11 is 12.2. The molecule has 0 aliphatic rings. The van der Waals surface area contributed by atoms with Gasteiger partial charge in [-0.05, 0) is 79.9 Å². The van der Waals surface area contributed by atoms with E-state index in [2.05, 4.69) is 5.32 Å². The first-order valence-electron chi connectivity index (χ1n) is 9.94. The van der Waals surface area contributed by atoms with Crippen LogP contribution >= 0.6 is 23.2 Å². The van der Waals surface area contributed by atoms with Gasteiger partial charge in [-0.15, -0.1) is 0 Å². The van der Waals surface area contributed by atoms with E-state index >= 15 is 0 Å². The molecule has 3 aromatic carbocycles. The number of carbonyl (C=O) groups is 1. The fraction of sp³-hybridized carbons (Fsp3) is 0.154. The maximum atomic E-state index is 12.5. The second-order valence-corrected chi connectivity index (χ2v) is 8.34. The number of carbonyl (C=O) groups excluding carboxylic acids is 1. The molecular weight excluding hydrogens is 443 g/mol. The lowest BCUT2D eigenvalue weighted by Crippen LogP contribution is -2.13. The van der Waals surface area contributed by atoms with E-state index in [1.165, 1.54) is 0 Å². The number of benzene rings is 3. The van der Waals surface area contributed by atoms with Gasteiger partial charge in [0.25, 0.3) is 5.91 Å². The molecular formula is C26H22Cl2N2O2. The molecule has 4 nitrogen and oxygen atoms in total. The molecule has 0 unspecified atom stereocenters. The number of hydrogen-bond acceptors (Lipinski definition) is 3. The van der Waals surface area contributed by atoms with E-state index in [1.807, 2.05) is 57.2 Å². The Hall–Kier alpha value is -3.26. The van der Waals surface area contributed by atoms with Crippen LogP contribution in [0.25, 0.3) is 6.08 Å². The molecule has 32 heavy (non-hydrogen) atoms. The minimum atomic E-state index is -0.454. The van der Waals surface area contributed by atoms with Crippen molar-refractivity contribution in [3.63, 3.8) is 0 Å². The number of nitrogens with one attached hydrogen (secondary N) is 1. The van der Waals surface area contributed by atoms with Crippen LogP contribution in [0.3, 0.4) is 0 Å². The molecule has 0 heterocycles. The zero-order valence-corrected chi connectivity index (χ0v) is 19.5. The van der Waals surface area contributed by atoms with E-state index in [0.717, 1.165) is 33.6 Å². The number of nitriles is 1. The number of ether oxygens (including phenoxy) is 1. The Morgan fingerprint density at radius 1 is 1.03 bits per heavy atom. The monoisotopic (exact) mass is 464 g/mol. The summed E-state index contributed by atoms with van der Waals surface area (Å²) in [5, 5.41) is 13.4. The van der Waals surface area contributed by atoms with Crippen LogP contribution in [0.1, 0.15) is 27.8 Å². The van der Waals surface area contributed by atoms with Crippen LogP contribution in [-0.2, 0) is 11.4 Å². The summed E-state index contributed by atoms with van der Waals surface area (Å²) in [4.78, 5) is 12.5.